The molecule has 1 amide bonds. The average Bonchev–Trinajstić information content (AvgIpc) is 3.34. The largest absolute Gasteiger partial charge is 0.397 e. The van der Waals surface area contributed by atoms with Crippen LogP contribution in [0.2, 0.25) is 0 Å². The second kappa shape index (κ2) is 7.39. The molecule has 0 saturated heterocycles. The van der Waals surface area contributed by atoms with Crippen LogP contribution in [0.5, 0.6) is 0 Å². The van der Waals surface area contributed by atoms with Gasteiger partial charge in [-0.25, -0.2) is 4.98 Å². The van der Waals surface area contributed by atoms with Crippen LogP contribution in [0, 0.1) is 0 Å². The van der Waals surface area contributed by atoms with Crippen molar-refractivity contribution in [2.75, 3.05) is 11.1 Å². The van der Waals surface area contributed by atoms with Gasteiger partial charge in [-0.2, -0.15) is 0 Å². The van der Waals surface area contributed by atoms with Crippen molar-refractivity contribution in [1.29, 1.82) is 0 Å². The Balaban J connectivity index is 1.62. The summed E-state index contributed by atoms with van der Waals surface area (Å²) in [5, 5.41) is 3.54. The molecule has 0 fully saturated rings. The fourth-order valence-corrected chi connectivity index (χ4v) is 5.36. The Kier molecular flexibility index (Phi) is 4.35. The van der Waals surface area contributed by atoms with E-state index in [1.54, 1.807) is 0 Å². The van der Waals surface area contributed by atoms with Gasteiger partial charge in [0, 0.05) is 27.8 Å². The minimum atomic E-state index is -0.299. The molecule has 1 aliphatic carbocycles. The first-order valence-electron chi connectivity index (χ1n) is 10.5. The summed E-state index contributed by atoms with van der Waals surface area (Å²) in [7, 11) is 0. The molecular formula is C27H17N3O2S. The monoisotopic (exact) mass is 447 g/mol. The lowest BCUT2D eigenvalue weighted by Crippen LogP contribution is -2.11. The zero-order valence-electron chi connectivity index (χ0n) is 17.3. The number of para-hydroxylation sites is 1. The summed E-state index contributed by atoms with van der Waals surface area (Å²) in [5.41, 5.74) is 11.8. The topological polar surface area (TPSA) is 85.1 Å². The van der Waals surface area contributed by atoms with Crippen LogP contribution >= 0.6 is 11.3 Å². The maximum absolute atomic E-state index is 13.5. The summed E-state index contributed by atoms with van der Waals surface area (Å²) in [4.78, 5) is 32.4. The Bertz CT molecular complexity index is 1570. The number of hydrogen-bond donors (Lipinski definition) is 2. The zero-order valence-corrected chi connectivity index (χ0v) is 18.1. The Labute approximate surface area is 193 Å². The van der Waals surface area contributed by atoms with Crippen molar-refractivity contribution in [3.05, 3.63) is 101 Å². The van der Waals surface area contributed by atoms with Crippen LogP contribution < -0.4 is 11.1 Å². The van der Waals surface area contributed by atoms with E-state index in [-0.39, 0.29) is 11.7 Å². The van der Waals surface area contributed by atoms with Crippen molar-refractivity contribution in [3.63, 3.8) is 0 Å². The number of carbonyl (C=O) groups excluding carboxylic acids is 2. The molecule has 5 aromatic rings. The third kappa shape index (κ3) is 2.96. The van der Waals surface area contributed by atoms with Gasteiger partial charge < -0.3 is 11.1 Å². The van der Waals surface area contributed by atoms with E-state index in [1.807, 2.05) is 84.9 Å². The number of nitrogens with two attached hydrogens (primary N) is 1. The first kappa shape index (κ1) is 19.4. The molecule has 33 heavy (non-hydrogen) atoms. The van der Waals surface area contributed by atoms with Gasteiger partial charge in [0.2, 0.25) is 0 Å². The summed E-state index contributed by atoms with van der Waals surface area (Å²) in [6, 6.07) is 26.4. The normalized spacial score (nSPS) is 11.9. The number of nitrogen functional groups attached to an aromatic ring is 1. The van der Waals surface area contributed by atoms with Crippen molar-refractivity contribution in [3.8, 4) is 22.4 Å². The highest BCUT2D eigenvalue weighted by Gasteiger charge is 2.34. The summed E-state index contributed by atoms with van der Waals surface area (Å²) >= 11 is 1.24. The SMILES string of the molecule is Nc1c(C(=O)Nc2ccccc2)sc2nc3c(c(-c4ccccc4)c12)C(=O)c1ccccc1-3. The molecular weight excluding hydrogens is 430 g/mol. The van der Waals surface area contributed by atoms with Gasteiger partial charge in [0.1, 0.15) is 9.71 Å². The predicted octanol–water partition coefficient (Wildman–Crippen LogP) is 6.01. The van der Waals surface area contributed by atoms with Crippen LogP contribution in [0.4, 0.5) is 11.4 Å². The van der Waals surface area contributed by atoms with Gasteiger partial charge in [-0.3, -0.25) is 9.59 Å². The molecule has 2 heterocycles. The Morgan fingerprint density at radius 2 is 1.45 bits per heavy atom. The van der Waals surface area contributed by atoms with E-state index in [0.29, 0.717) is 43.3 Å². The minimum absolute atomic E-state index is 0.0743. The van der Waals surface area contributed by atoms with E-state index in [2.05, 4.69) is 5.32 Å². The van der Waals surface area contributed by atoms with E-state index < -0.39 is 0 Å². The van der Waals surface area contributed by atoms with Crippen LogP contribution in [-0.2, 0) is 0 Å². The lowest BCUT2D eigenvalue weighted by molar-refractivity contribution is 0.102. The van der Waals surface area contributed by atoms with Gasteiger partial charge in [0.25, 0.3) is 5.91 Å². The fourth-order valence-electron chi connectivity index (χ4n) is 4.36. The standard InChI is InChI=1S/C27H17N3O2S/c28-22-20-19(15-9-3-1-4-10-15)21-23(17-13-7-8-14-18(17)24(21)31)30-27(20)33-25(22)26(32)29-16-11-5-2-6-12-16/h1-14H,28H2,(H,29,32). The highest BCUT2D eigenvalue weighted by Crippen LogP contribution is 2.48. The number of thiophene rings is 1. The number of aromatic nitrogens is 1. The molecule has 0 saturated carbocycles. The predicted molar refractivity (Wildman–Crippen MR) is 133 cm³/mol. The van der Waals surface area contributed by atoms with Crippen molar-refractivity contribution in [2.45, 2.75) is 0 Å². The lowest BCUT2D eigenvalue weighted by atomic mass is 9.94. The minimum Gasteiger partial charge on any atom is -0.397 e. The van der Waals surface area contributed by atoms with Gasteiger partial charge >= 0.3 is 0 Å². The molecule has 1 aliphatic rings. The number of benzene rings is 3. The molecule has 6 heteroatoms. The van der Waals surface area contributed by atoms with Crippen LogP contribution in [0.1, 0.15) is 25.6 Å². The number of rotatable bonds is 3. The Morgan fingerprint density at radius 3 is 2.18 bits per heavy atom. The molecule has 158 valence electrons. The van der Waals surface area contributed by atoms with E-state index in [0.717, 1.165) is 16.7 Å². The van der Waals surface area contributed by atoms with Gasteiger partial charge in [0.05, 0.1) is 16.9 Å². The van der Waals surface area contributed by atoms with E-state index in [1.165, 1.54) is 11.3 Å². The number of hydrogen-bond acceptors (Lipinski definition) is 5. The molecule has 3 aromatic carbocycles. The fraction of sp³-hybridized carbons (Fsp3) is 0. The average molecular weight is 448 g/mol. The maximum Gasteiger partial charge on any atom is 0.267 e. The zero-order chi connectivity index (χ0) is 22.5. The number of anilines is 2. The van der Waals surface area contributed by atoms with Crippen LogP contribution in [-0.4, -0.2) is 16.7 Å². The van der Waals surface area contributed by atoms with E-state index in [9.17, 15) is 9.59 Å². The second-order valence-electron chi connectivity index (χ2n) is 7.80. The number of fused-ring (bicyclic) bond motifs is 4. The van der Waals surface area contributed by atoms with Crippen molar-refractivity contribution in [2.24, 2.45) is 0 Å². The molecule has 0 atom stereocenters. The van der Waals surface area contributed by atoms with Gasteiger partial charge in [-0.05, 0) is 17.7 Å². The summed E-state index contributed by atoms with van der Waals surface area (Å²) < 4.78 is 0. The summed E-state index contributed by atoms with van der Waals surface area (Å²) in [5.74, 6) is -0.373. The summed E-state index contributed by atoms with van der Waals surface area (Å²) in [6.45, 7) is 0. The van der Waals surface area contributed by atoms with Crippen molar-refractivity contribution < 1.29 is 9.59 Å². The van der Waals surface area contributed by atoms with Crippen LogP contribution in [0.25, 0.3) is 32.6 Å². The highest BCUT2D eigenvalue weighted by atomic mass is 32.1. The number of amides is 1. The number of nitrogens with zero attached hydrogens (tertiary/aromatic N) is 1. The number of carbonyl (C=O) groups is 2. The first-order valence-corrected chi connectivity index (χ1v) is 11.3. The summed E-state index contributed by atoms with van der Waals surface area (Å²) in [6.07, 6.45) is 0. The first-order chi connectivity index (χ1) is 16.1. The van der Waals surface area contributed by atoms with Gasteiger partial charge in [0.15, 0.2) is 5.78 Å². The van der Waals surface area contributed by atoms with Gasteiger partial charge in [-0.15, -0.1) is 11.3 Å². The van der Waals surface area contributed by atoms with Crippen molar-refractivity contribution >= 4 is 44.6 Å². The van der Waals surface area contributed by atoms with Crippen LogP contribution in [0.15, 0.2) is 84.9 Å². The molecule has 2 aromatic heterocycles. The molecule has 0 radical (unpaired) electrons. The number of ketones is 1. The maximum atomic E-state index is 13.5. The quantitative estimate of drug-likeness (QED) is 0.348. The number of nitrogens with one attached hydrogen (secondary N) is 1. The molecule has 3 N–H and O–H groups in total. The third-order valence-electron chi connectivity index (χ3n) is 5.83. The van der Waals surface area contributed by atoms with E-state index >= 15 is 0 Å². The Hall–Kier alpha value is -4.29. The molecule has 5 nitrogen and oxygen atoms in total. The van der Waals surface area contributed by atoms with Crippen LogP contribution in [0.3, 0.4) is 0 Å². The van der Waals surface area contributed by atoms with Gasteiger partial charge in [-0.1, -0.05) is 72.8 Å². The van der Waals surface area contributed by atoms with E-state index in [4.69, 9.17) is 10.7 Å². The third-order valence-corrected chi connectivity index (χ3v) is 6.93. The van der Waals surface area contributed by atoms with Crippen molar-refractivity contribution in [1.82, 2.24) is 4.98 Å². The Morgan fingerprint density at radius 1 is 0.818 bits per heavy atom. The molecule has 0 spiro atoms. The molecule has 0 bridgehead atoms. The molecule has 0 aliphatic heterocycles. The highest BCUT2D eigenvalue weighted by molar-refractivity contribution is 7.21. The molecule has 0 unspecified atom stereocenters. The number of pyridine rings is 1. The second-order valence-corrected chi connectivity index (χ2v) is 8.80. The lowest BCUT2D eigenvalue weighted by Gasteiger charge is -2.11. The smallest absolute Gasteiger partial charge is 0.267 e. The molecule has 6 rings (SSSR count).